The number of hydrogen-bond acceptors (Lipinski definition) is 3. The Morgan fingerprint density at radius 3 is 2.19 bits per heavy atom. The normalized spacial score (nSPS) is 12.5. The van der Waals surface area contributed by atoms with E-state index in [0.29, 0.717) is 24.8 Å². The molecule has 0 aliphatic rings. The first-order chi connectivity index (χ1) is 12.7. The lowest BCUT2D eigenvalue weighted by molar-refractivity contribution is -0.149. The van der Waals surface area contributed by atoms with Crippen molar-refractivity contribution < 1.29 is 19.5 Å². The van der Waals surface area contributed by atoms with Crippen LogP contribution in [-0.4, -0.2) is 35.5 Å². The molecule has 27 heavy (non-hydrogen) atoms. The minimum Gasteiger partial charge on any atom is -0.481 e. The number of rotatable bonds is 10. The Kier molecular flexibility index (Phi) is 8.47. The number of aryl methyl sites for hydroxylation is 1. The molecule has 0 saturated carbocycles. The van der Waals surface area contributed by atoms with Crippen LogP contribution < -0.4 is 10.6 Å². The zero-order chi connectivity index (χ0) is 20.6. The number of amides is 2. The first kappa shape index (κ1) is 22.7. The van der Waals surface area contributed by atoms with Crippen LogP contribution in [0.1, 0.15) is 62.9 Å². The first-order valence-electron chi connectivity index (χ1n) is 9.54. The Morgan fingerprint density at radius 2 is 1.70 bits per heavy atom. The Hall–Kier alpha value is -2.37. The third-order valence-corrected chi connectivity index (χ3v) is 5.13. The van der Waals surface area contributed by atoms with Crippen molar-refractivity contribution >= 4 is 17.8 Å². The van der Waals surface area contributed by atoms with Crippen LogP contribution in [-0.2, 0) is 9.59 Å². The van der Waals surface area contributed by atoms with Gasteiger partial charge in [-0.15, -0.1) is 0 Å². The predicted octanol–water partition coefficient (Wildman–Crippen LogP) is 3.15. The quantitative estimate of drug-likeness (QED) is 0.584. The van der Waals surface area contributed by atoms with E-state index < -0.39 is 17.4 Å². The number of hydrogen-bond donors (Lipinski definition) is 3. The van der Waals surface area contributed by atoms with Crippen LogP contribution in [0.3, 0.4) is 0 Å². The number of carboxylic acids is 1. The largest absolute Gasteiger partial charge is 0.481 e. The highest BCUT2D eigenvalue weighted by molar-refractivity contribution is 5.98. The molecule has 1 atom stereocenters. The maximum absolute atomic E-state index is 12.7. The highest BCUT2D eigenvalue weighted by Gasteiger charge is 2.36. The second-order valence-corrected chi connectivity index (χ2v) is 7.48. The third kappa shape index (κ3) is 6.08. The molecule has 0 bridgehead atoms. The van der Waals surface area contributed by atoms with Gasteiger partial charge in [0.1, 0.15) is 6.04 Å². The maximum atomic E-state index is 12.7. The van der Waals surface area contributed by atoms with Crippen LogP contribution in [0.25, 0.3) is 0 Å². The van der Waals surface area contributed by atoms with Crippen LogP contribution in [0.15, 0.2) is 24.3 Å². The summed E-state index contributed by atoms with van der Waals surface area (Å²) in [6, 6.07) is 6.49. The van der Waals surface area contributed by atoms with Crippen molar-refractivity contribution in [3.63, 3.8) is 0 Å². The molecule has 6 heteroatoms. The van der Waals surface area contributed by atoms with Crippen molar-refractivity contribution in [2.75, 3.05) is 6.54 Å². The molecule has 1 unspecified atom stereocenters. The second kappa shape index (κ2) is 10.1. The predicted molar refractivity (Wildman–Crippen MR) is 106 cm³/mol. The van der Waals surface area contributed by atoms with Gasteiger partial charge in [-0.3, -0.25) is 14.4 Å². The highest BCUT2D eigenvalue weighted by Crippen LogP contribution is 2.25. The number of benzene rings is 1. The van der Waals surface area contributed by atoms with Gasteiger partial charge in [0.2, 0.25) is 5.91 Å². The van der Waals surface area contributed by atoms with Crippen molar-refractivity contribution in [1.29, 1.82) is 0 Å². The fourth-order valence-electron chi connectivity index (χ4n) is 3.02. The van der Waals surface area contributed by atoms with Crippen LogP contribution >= 0.6 is 0 Å². The van der Waals surface area contributed by atoms with E-state index in [0.717, 1.165) is 5.56 Å². The Labute approximate surface area is 161 Å². The Balaban J connectivity index is 2.90. The summed E-state index contributed by atoms with van der Waals surface area (Å²) in [4.78, 5) is 36.9. The molecule has 0 aliphatic heterocycles. The molecule has 150 valence electrons. The molecule has 0 aromatic heterocycles. The highest BCUT2D eigenvalue weighted by atomic mass is 16.4. The molecular weight excluding hydrogens is 344 g/mol. The van der Waals surface area contributed by atoms with E-state index in [-0.39, 0.29) is 24.3 Å². The van der Waals surface area contributed by atoms with E-state index in [9.17, 15) is 19.5 Å². The smallest absolute Gasteiger partial charge is 0.311 e. The molecule has 1 rings (SSSR count). The second-order valence-electron chi connectivity index (χ2n) is 7.48. The molecule has 0 radical (unpaired) electrons. The van der Waals surface area contributed by atoms with Crippen LogP contribution in [0.4, 0.5) is 0 Å². The number of aliphatic carboxylic acids is 1. The standard InChI is InChI=1S/C21H32N2O4/c1-6-21(7-2,20(26)27)13-22-19(25)17(12-14(3)4)23-18(24)16-11-9-8-10-15(16)5/h8-11,14,17H,6-7,12-13H2,1-5H3,(H,22,25)(H,23,24)(H,26,27). The molecule has 0 spiro atoms. The van der Waals surface area contributed by atoms with Crippen LogP contribution in [0.2, 0.25) is 0 Å². The number of carbonyl (C=O) groups excluding carboxylic acids is 2. The van der Waals surface area contributed by atoms with Crippen LogP contribution in [0.5, 0.6) is 0 Å². The van der Waals surface area contributed by atoms with Crippen molar-refractivity contribution in [2.45, 2.75) is 59.9 Å². The summed E-state index contributed by atoms with van der Waals surface area (Å²) < 4.78 is 0. The molecule has 0 heterocycles. The summed E-state index contributed by atoms with van der Waals surface area (Å²) in [5.74, 6) is -1.38. The summed E-state index contributed by atoms with van der Waals surface area (Å²) >= 11 is 0. The van der Waals surface area contributed by atoms with Gasteiger partial charge in [0.15, 0.2) is 0 Å². The van der Waals surface area contributed by atoms with Crippen molar-refractivity contribution in [3.8, 4) is 0 Å². The molecule has 0 aliphatic carbocycles. The van der Waals surface area contributed by atoms with Crippen molar-refractivity contribution in [3.05, 3.63) is 35.4 Å². The van der Waals surface area contributed by atoms with E-state index in [1.807, 2.05) is 32.9 Å². The van der Waals surface area contributed by atoms with Crippen molar-refractivity contribution in [2.24, 2.45) is 11.3 Å². The first-order valence-corrected chi connectivity index (χ1v) is 9.54. The van der Waals surface area contributed by atoms with Gasteiger partial charge in [-0.05, 0) is 43.7 Å². The summed E-state index contributed by atoms with van der Waals surface area (Å²) in [6.07, 6.45) is 1.31. The minimum absolute atomic E-state index is 0.0446. The van der Waals surface area contributed by atoms with Crippen molar-refractivity contribution in [1.82, 2.24) is 10.6 Å². The molecule has 0 fully saturated rings. The maximum Gasteiger partial charge on any atom is 0.311 e. The van der Waals surface area contributed by atoms with Gasteiger partial charge in [0.05, 0.1) is 5.41 Å². The van der Waals surface area contributed by atoms with E-state index in [4.69, 9.17) is 0 Å². The monoisotopic (exact) mass is 376 g/mol. The van der Waals surface area contributed by atoms with Gasteiger partial charge in [-0.1, -0.05) is 45.9 Å². The van der Waals surface area contributed by atoms with E-state index >= 15 is 0 Å². The minimum atomic E-state index is -0.988. The zero-order valence-electron chi connectivity index (χ0n) is 17.0. The summed E-state index contributed by atoms with van der Waals surface area (Å²) in [5, 5.41) is 15.1. The van der Waals surface area contributed by atoms with Gasteiger partial charge in [-0.25, -0.2) is 0 Å². The Morgan fingerprint density at radius 1 is 1.11 bits per heavy atom. The summed E-state index contributed by atoms with van der Waals surface area (Å²) in [5.41, 5.74) is 0.375. The lowest BCUT2D eigenvalue weighted by atomic mass is 9.82. The SMILES string of the molecule is CCC(CC)(CNC(=O)C(CC(C)C)NC(=O)c1ccccc1C)C(=O)O. The van der Waals surface area contributed by atoms with Crippen LogP contribution in [0, 0.1) is 18.3 Å². The zero-order valence-corrected chi connectivity index (χ0v) is 17.0. The van der Waals surface area contributed by atoms with Gasteiger partial charge in [0, 0.05) is 12.1 Å². The molecule has 1 aromatic carbocycles. The number of carbonyl (C=O) groups is 3. The lowest BCUT2D eigenvalue weighted by Gasteiger charge is -2.28. The van der Waals surface area contributed by atoms with E-state index in [1.54, 1.807) is 26.0 Å². The topological polar surface area (TPSA) is 95.5 Å². The Bertz CT molecular complexity index is 666. The van der Waals surface area contributed by atoms with Gasteiger partial charge in [0.25, 0.3) is 5.91 Å². The molecule has 0 saturated heterocycles. The van der Waals surface area contributed by atoms with E-state index in [2.05, 4.69) is 10.6 Å². The molecular formula is C21H32N2O4. The summed E-state index contributed by atoms with van der Waals surface area (Å²) in [7, 11) is 0. The molecule has 2 amide bonds. The molecule has 6 nitrogen and oxygen atoms in total. The number of nitrogens with one attached hydrogen (secondary N) is 2. The third-order valence-electron chi connectivity index (χ3n) is 5.13. The summed E-state index contributed by atoms with van der Waals surface area (Å²) in [6.45, 7) is 9.43. The fraction of sp³-hybridized carbons (Fsp3) is 0.571. The fourth-order valence-corrected chi connectivity index (χ4v) is 3.02. The van der Waals surface area contributed by atoms with Gasteiger partial charge in [-0.2, -0.15) is 0 Å². The average molecular weight is 376 g/mol. The van der Waals surface area contributed by atoms with Gasteiger partial charge >= 0.3 is 5.97 Å². The molecule has 3 N–H and O–H groups in total. The molecule has 1 aromatic rings. The lowest BCUT2D eigenvalue weighted by Crippen LogP contribution is -2.51. The number of carboxylic acid groups (broad SMARTS) is 1. The average Bonchev–Trinajstić information content (AvgIpc) is 2.61. The van der Waals surface area contributed by atoms with Gasteiger partial charge < -0.3 is 15.7 Å². The van der Waals surface area contributed by atoms with E-state index in [1.165, 1.54) is 0 Å².